The van der Waals surface area contributed by atoms with E-state index in [2.05, 4.69) is 15.4 Å². The molecule has 1 N–H and O–H groups in total. The lowest BCUT2D eigenvalue weighted by atomic mass is 9.99. The summed E-state index contributed by atoms with van der Waals surface area (Å²) in [6, 6.07) is 12.0. The van der Waals surface area contributed by atoms with E-state index in [9.17, 15) is 18.0 Å². The topological polar surface area (TPSA) is 59.8 Å². The van der Waals surface area contributed by atoms with Gasteiger partial charge in [0.15, 0.2) is 5.69 Å². The van der Waals surface area contributed by atoms with Crippen LogP contribution >= 0.6 is 0 Å². The van der Waals surface area contributed by atoms with Crippen LogP contribution in [0.5, 0.6) is 0 Å². The van der Waals surface area contributed by atoms with Gasteiger partial charge in [-0.05, 0) is 37.1 Å². The first-order valence-electron chi connectivity index (χ1n) is 9.11. The lowest BCUT2D eigenvalue weighted by Gasteiger charge is -2.20. The Morgan fingerprint density at radius 3 is 2.45 bits per heavy atom. The Bertz CT molecular complexity index is 966. The van der Waals surface area contributed by atoms with Crippen molar-refractivity contribution in [3.8, 4) is 0 Å². The molecular formula is C21H21F3N4O. The number of hydrogen-bond donors (Lipinski definition) is 1. The zero-order valence-corrected chi connectivity index (χ0v) is 16.1. The van der Waals surface area contributed by atoms with E-state index in [4.69, 9.17) is 0 Å². The lowest BCUT2D eigenvalue weighted by Crippen LogP contribution is -2.30. The summed E-state index contributed by atoms with van der Waals surface area (Å²) >= 11 is 0. The zero-order chi connectivity index (χ0) is 21.0. The fraction of sp³-hybridized carbons (Fsp3) is 0.286. The van der Waals surface area contributed by atoms with Gasteiger partial charge in [0.25, 0.3) is 0 Å². The molecule has 0 radical (unpaired) electrons. The summed E-state index contributed by atoms with van der Waals surface area (Å²) in [6.45, 7) is 3.56. The molecule has 8 heteroatoms. The number of nitrogens with one attached hydrogen (secondary N) is 1. The van der Waals surface area contributed by atoms with Crippen molar-refractivity contribution in [3.05, 3.63) is 82.9 Å². The Kier molecular flexibility index (Phi) is 6.00. The van der Waals surface area contributed by atoms with Gasteiger partial charge in [0, 0.05) is 31.1 Å². The summed E-state index contributed by atoms with van der Waals surface area (Å²) in [5.74, 6) is -0.289. The molecule has 0 bridgehead atoms. The van der Waals surface area contributed by atoms with Crippen LogP contribution in [0.3, 0.4) is 0 Å². The monoisotopic (exact) mass is 402 g/mol. The van der Waals surface area contributed by atoms with Gasteiger partial charge in [-0.2, -0.15) is 18.3 Å². The number of pyridine rings is 1. The molecule has 29 heavy (non-hydrogen) atoms. The second-order valence-corrected chi connectivity index (χ2v) is 6.84. The number of nitrogens with zero attached hydrogens (tertiary/aromatic N) is 3. The first-order chi connectivity index (χ1) is 13.7. The van der Waals surface area contributed by atoms with E-state index in [0.717, 1.165) is 22.8 Å². The SMILES string of the molecule is Cc1ccc([C@H](NC(=O)CCn2nc(C(F)(F)F)cc2C)c2cccnc2)cc1. The fourth-order valence-corrected chi connectivity index (χ4v) is 2.98. The fourth-order valence-electron chi connectivity index (χ4n) is 2.98. The molecule has 152 valence electrons. The van der Waals surface area contributed by atoms with E-state index in [1.54, 1.807) is 18.5 Å². The molecule has 1 atom stereocenters. The normalized spacial score (nSPS) is 12.6. The van der Waals surface area contributed by atoms with Gasteiger partial charge >= 0.3 is 6.18 Å². The first kappa shape index (κ1) is 20.6. The third kappa shape index (κ3) is 5.22. The van der Waals surface area contributed by atoms with Crippen molar-refractivity contribution in [1.82, 2.24) is 20.1 Å². The second-order valence-electron chi connectivity index (χ2n) is 6.84. The average molecular weight is 402 g/mol. The highest BCUT2D eigenvalue weighted by atomic mass is 19.4. The number of carbonyl (C=O) groups excluding carboxylic acids is 1. The summed E-state index contributed by atoms with van der Waals surface area (Å²) < 4.78 is 39.6. The molecule has 0 aliphatic rings. The molecule has 2 aromatic heterocycles. The summed E-state index contributed by atoms with van der Waals surface area (Å²) in [4.78, 5) is 16.7. The third-order valence-corrected chi connectivity index (χ3v) is 4.56. The molecule has 5 nitrogen and oxygen atoms in total. The molecule has 0 aliphatic heterocycles. The van der Waals surface area contributed by atoms with Crippen LogP contribution in [-0.4, -0.2) is 20.7 Å². The lowest BCUT2D eigenvalue weighted by molar-refractivity contribution is -0.141. The molecule has 3 rings (SSSR count). The number of alkyl halides is 3. The van der Waals surface area contributed by atoms with Crippen LogP contribution in [0.1, 0.15) is 40.5 Å². The van der Waals surface area contributed by atoms with Gasteiger partial charge in [-0.25, -0.2) is 0 Å². The third-order valence-electron chi connectivity index (χ3n) is 4.56. The number of hydrogen-bond acceptors (Lipinski definition) is 3. The molecule has 0 aliphatic carbocycles. The van der Waals surface area contributed by atoms with Crippen LogP contribution in [0.2, 0.25) is 0 Å². The van der Waals surface area contributed by atoms with Crippen LogP contribution in [0.25, 0.3) is 0 Å². The Morgan fingerprint density at radius 1 is 1.14 bits per heavy atom. The number of benzene rings is 1. The highest BCUT2D eigenvalue weighted by Gasteiger charge is 2.34. The maximum atomic E-state index is 12.8. The largest absolute Gasteiger partial charge is 0.435 e. The predicted molar refractivity (Wildman–Crippen MR) is 102 cm³/mol. The van der Waals surface area contributed by atoms with E-state index in [1.807, 2.05) is 37.3 Å². The van der Waals surface area contributed by atoms with E-state index < -0.39 is 17.9 Å². The number of carbonyl (C=O) groups is 1. The number of halogens is 3. The summed E-state index contributed by atoms with van der Waals surface area (Å²) in [6.07, 6.45) is -1.17. The number of amides is 1. The van der Waals surface area contributed by atoms with E-state index in [1.165, 1.54) is 11.6 Å². The van der Waals surface area contributed by atoms with Crippen molar-refractivity contribution in [2.45, 2.75) is 39.0 Å². The summed E-state index contributed by atoms with van der Waals surface area (Å²) in [7, 11) is 0. The minimum Gasteiger partial charge on any atom is -0.345 e. The average Bonchev–Trinajstić information content (AvgIpc) is 3.07. The van der Waals surface area contributed by atoms with Gasteiger partial charge in [0.1, 0.15) is 0 Å². The molecule has 1 aromatic carbocycles. The molecule has 3 aromatic rings. The first-order valence-corrected chi connectivity index (χ1v) is 9.11. The Labute approximate surface area is 166 Å². The molecular weight excluding hydrogens is 381 g/mol. The highest BCUT2D eigenvalue weighted by molar-refractivity contribution is 5.77. The van der Waals surface area contributed by atoms with Crippen molar-refractivity contribution in [3.63, 3.8) is 0 Å². The minimum absolute atomic E-state index is 0.00242. The Balaban J connectivity index is 1.72. The standard InChI is InChI=1S/C21H21F3N4O/c1-14-5-7-16(8-6-14)20(17-4-3-10-25-13-17)26-19(29)9-11-28-15(2)12-18(27-28)21(22,23)24/h3-8,10,12-13,20H,9,11H2,1-2H3,(H,26,29)/t20-/m0/s1. The summed E-state index contributed by atoms with van der Waals surface area (Å²) in [5, 5.41) is 6.51. The van der Waals surface area contributed by atoms with Crippen LogP contribution in [0.15, 0.2) is 54.9 Å². The van der Waals surface area contributed by atoms with Crippen LogP contribution in [-0.2, 0) is 17.5 Å². The van der Waals surface area contributed by atoms with Gasteiger partial charge in [-0.3, -0.25) is 14.5 Å². The van der Waals surface area contributed by atoms with Gasteiger partial charge in [0.05, 0.1) is 6.04 Å². The van der Waals surface area contributed by atoms with Gasteiger partial charge in [0.2, 0.25) is 5.91 Å². The van der Waals surface area contributed by atoms with Crippen molar-refractivity contribution >= 4 is 5.91 Å². The quantitative estimate of drug-likeness (QED) is 0.672. The smallest absolute Gasteiger partial charge is 0.345 e. The Morgan fingerprint density at radius 2 is 1.86 bits per heavy atom. The maximum Gasteiger partial charge on any atom is 0.435 e. The van der Waals surface area contributed by atoms with Gasteiger partial charge in [-0.15, -0.1) is 0 Å². The van der Waals surface area contributed by atoms with Crippen LogP contribution < -0.4 is 5.32 Å². The van der Waals surface area contributed by atoms with E-state index in [0.29, 0.717) is 5.69 Å². The Hall–Kier alpha value is -3.16. The molecule has 0 spiro atoms. The zero-order valence-electron chi connectivity index (χ0n) is 16.1. The molecule has 0 saturated heterocycles. The highest BCUT2D eigenvalue weighted by Crippen LogP contribution is 2.28. The molecule has 0 saturated carbocycles. The minimum atomic E-state index is -4.50. The number of aryl methyl sites for hydroxylation is 3. The van der Waals surface area contributed by atoms with Gasteiger partial charge < -0.3 is 5.32 Å². The van der Waals surface area contributed by atoms with E-state index in [-0.39, 0.29) is 18.9 Å². The molecule has 2 heterocycles. The van der Waals surface area contributed by atoms with E-state index >= 15 is 0 Å². The second kappa shape index (κ2) is 8.46. The molecule has 0 unspecified atom stereocenters. The van der Waals surface area contributed by atoms with Gasteiger partial charge in [-0.1, -0.05) is 35.9 Å². The maximum absolute atomic E-state index is 12.8. The number of rotatable bonds is 6. The van der Waals surface area contributed by atoms with Crippen LogP contribution in [0, 0.1) is 13.8 Å². The summed E-state index contributed by atoms with van der Waals surface area (Å²) in [5.41, 5.74) is 2.21. The van der Waals surface area contributed by atoms with Crippen molar-refractivity contribution in [1.29, 1.82) is 0 Å². The van der Waals surface area contributed by atoms with Crippen molar-refractivity contribution in [2.24, 2.45) is 0 Å². The predicted octanol–water partition coefficient (Wildman–Crippen LogP) is 4.21. The van der Waals surface area contributed by atoms with Crippen LogP contribution in [0.4, 0.5) is 13.2 Å². The number of aromatic nitrogens is 3. The molecule has 0 fully saturated rings. The van der Waals surface area contributed by atoms with Crippen molar-refractivity contribution < 1.29 is 18.0 Å². The molecule has 1 amide bonds. The van der Waals surface area contributed by atoms with Crippen molar-refractivity contribution in [2.75, 3.05) is 0 Å².